The van der Waals surface area contributed by atoms with Crippen LogP contribution in [0.15, 0.2) is 18.2 Å². The maximum atomic E-state index is 6.02. The van der Waals surface area contributed by atoms with Crippen LogP contribution in [-0.4, -0.2) is 18.7 Å². The maximum Gasteiger partial charge on any atom is 0.144 e. The monoisotopic (exact) mass is 276 g/mol. The predicted octanol–water partition coefficient (Wildman–Crippen LogP) is 4.22. The van der Waals surface area contributed by atoms with Gasteiger partial charge in [-0.3, -0.25) is 0 Å². The number of rotatable bonds is 5. The van der Waals surface area contributed by atoms with Gasteiger partial charge in [0.2, 0.25) is 0 Å². The molecule has 0 aromatic heterocycles. The first kappa shape index (κ1) is 15.0. The SMILES string of the molecule is CCCC1CCCCN1c1ccc(N)c(OC(C)C)c1. The van der Waals surface area contributed by atoms with Crippen molar-refractivity contribution >= 4 is 11.4 Å². The summed E-state index contributed by atoms with van der Waals surface area (Å²) < 4.78 is 5.82. The van der Waals surface area contributed by atoms with E-state index in [1.165, 1.54) is 37.8 Å². The lowest BCUT2D eigenvalue weighted by molar-refractivity contribution is 0.244. The normalized spacial score (nSPS) is 19.4. The second kappa shape index (κ2) is 6.87. The predicted molar refractivity (Wildman–Crippen MR) is 86.5 cm³/mol. The molecule has 1 fully saturated rings. The minimum atomic E-state index is 0.153. The van der Waals surface area contributed by atoms with Gasteiger partial charge in [0.25, 0.3) is 0 Å². The highest BCUT2D eigenvalue weighted by atomic mass is 16.5. The summed E-state index contributed by atoms with van der Waals surface area (Å²) in [5.74, 6) is 0.818. The van der Waals surface area contributed by atoms with Crippen LogP contribution in [0.5, 0.6) is 5.75 Å². The Hall–Kier alpha value is -1.38. The van der Waals surface area contributed by atoms with Gasteiger partial charge in [-0.15, -0.1) is 0 Å². The van der Waals surface area contributed by atoms with Gasteiger partial charge in [0.1, 0.15) is 5.75 Å². The van der Waals surface area contributed by atoms with Gasteiger partial charge in [-0.25, -0.2) is 0 Å². The molecule has 0 bridgehead atoms. The van der Waals surface area contributed by atoms with Crippen LogP contribution in [-0.2, 0) is 0 Å². The highest BCUT2D eigenvalue weighted by Crippen LogP contribution is 2.33. The summed E-state index contributed by atoms with van der Waals surface area (Å²) in [6.45, 7) is 7.48. The zero-order chi connectivity index (χ0) is 14.5. The molecule has 1 saturated heterocycles. The van der Waals surface area contributed by atoms with E-state index in [2.05, 4.69) is 24.0 Å². The summed E-state index contributed by atoms with van der Waals surface area (Å²) >= 11 is 0. The number of ether oxygens (including phenoxy) is 1. The Kier molecular flexibility index (Phi) is 5.16. The van der Waals surface area contributed by atoms with E-state index in [9.17, 15) is 0 Å². The number of nitrogens with zero attached hydrogens (tertiary/aromatic N) is 1. The zero-order valence-electron chi connectivity index (χ0n) is 13.1. The van der Waals surface area contributed by atoms with E-state index in [0.29, 0.717) is 6.04 Å². The van der Waals surface area contributed by atoms with Gasteiger partial charge >= 0.3 is 0 Å². The molecule has 1 aromatic rings. The van der Waals surface area contributed by atoms with Crippen molar-refractivity contribution in [3.63, 3.8) is 0 Å². The van der Waals surface area contributed by atoms with Gasteiger partial charge < -0.3 is 15.4 Å². The van der Waals surface area contributed by atoms with Crippen molar-refractivity contribution in [1.82, 2.24) is 0 Å². The van der Waals surface area contributed by atoms with Gasteiger partial charge in [0.15, 0.2) is 0 Å². The average Bonchev–Trinajstić information content (AvgIpc) is 2.42. The quantitative estimate of drug-likeness (QED) is 0.818. The standard InChI is InChI=1S/C17H28N2O/c1-4-7-14-8-5-6-11-19(14)15-9-10-16(18)17(12-15)20-13(2)3/h9-10,12-14H,4-8,11,18H2,1-3H3. The first-order valence-electron chi connectivity index (χ1n) is 7.94. The van der Waals surface area contributed by atoms with Crippen molar-refractivity contribution in [2.75, 3.05) is 17.2 Å². The van der Waals surface area contributed by atoms with Gasteiger partial charge in [-0.05, 0) is 51.7 Å². The molecule has 112 valence electrons. The van der Waals surface area contributed by atoms with E-state index in [-0.39, 0.29) is 6.10 Å². The topological polar surface area (TPSA) is 38.5 Å². The van der Waals surface area contributed by atoms with E-state index in [1.807, 2.05) is 19.9 Å². The number of anilines is 2. The summed E-state index contributed by atoms with van der Waals surface area (Å²) in [5.41, 5.74) is 8.00. The lowest BCUT2D eigenvalue weighted by atomic mass is 9.97. The highest BCUT2D eigenvalue weighted by molar-refractivity contribution is 5.63. The first-order valence-corrected chi connectivity index (χ1v) is 7.94. The molecule has 0 radical (unpaired) electrons. The molecule has 0 amide bonds. The molecule has 1 aliphatic heterocycles. The molecule has 1 heterocycles. The molecule has 2 N–H and O–H groups in total. The lowest BCUT2D eigenvalue weighted by Crippen LogP contribution is -2.39. The van der Waals surface area contributed by atoms with Gasteiger partial charge in [-0.1, -0.05) is 13.3 Å². The minimum absolute atomic E-state index is 0.153. The van der Waals surface area contributed by atoms with Crippen LogP contribution in [0.3, 0.4) is 0 Å². The molecule has 3 heteroatoms. The van der Waals surface area contributed by atoms with Crippen molar-refractivity contribution in [3.05, 3.63) is 18.2 Å². The molecule has 0 aliphatic carbocycles. The van der Waals surface area contributed by atoms with Crippen molar-refractivity contribution < 1.29 is 4.74 Å². The minimum Gasteiger partial charge on any atom is -0.489 e. The third kappa shape index (κ3) is 3.59. The average molecular weight is 276 g/mol. The Balaban J connectivity index is 2.21. The lowest BCUT2D eigenvalue weighted by Gasteiger charge is -2.38. The van der Waals surface area contributed by atoms with Crippen molar-refractivity contribution in [1.29, 1.82) is 0 Å². The summed E-state index contributed by atoms with van der Waals surface area (Å²) in [5, 5.41) is 0. The molecule has 1 atom stereocenters. The summed E-state index contributed by atoms with van der Waals surface area (Å²) in [6, 6.07) is 6.90. The van der Waals surface area contributed by atoms with Gasteiger partial charge in [-0.2, -0.15) is 0 Å². The fraction of sp³-hybridized carbons (Fsp3) is 0.647. The fourth-order valence-corrected chi connectivity index (χ4v) is 3.03. The van der Waals surface area contributed by atoms with Crippen molar-refractivity contribution in [3.8, 4) is 5.75 Å². The van der Waals surface area contributed by atoms with Crippen LogP contribution in [0.25, 0.3) is 0 Å². The molecule has 0 saturated carbocycles. The van der Waals surface area contributed by atoms with Gasteiger partial charge in [0.05, 0.1) is 11.8 Å². The summed E-state index contributed by atoms with van der Waals surface area (Å²) in [6.07, 6.45) is 6.60. The van der Waals surface area contributed by atoms with E-state index >= 15 is 0 Å². The Labute approximate surface area is 123 Å². The highest BCUT2D eigenvalue weighted by Gasteiger charge is 2.22. The van der Waals surface area contributed by atoms with E-state index in [4.69, 9.17) is 10.5 Å². The molecule has 2 rings (SSSR count). The molecule has 1 aromatic carbocycles. The second-order valence-electron chi connectivity index (χ2n) is 6.02. The molecule has 1 unspecified atom stereocenters. The number of hydrogen-bond acceptors (Lipinski definition) is 3. The smallest absolute Gasteiger partial charge is 0.144 e. The fourth-order valence-electron chi connectivity index (χ4n) is 3.03. The Morgan fingerprint density at radius 3 is 2.85 bits per heavy atom. The number of piperidine rings is 1. The Morgan fingerprint density at radius 1 is 1.35 bits per heavy atom. The molecule has 3 nitrogen and oxygen atoms in total. The Bertz CT molecular complexity index is 429. The van der Waals surface area contributed by atoms with Crippen molar-refractivity contribution in [2.24, 2.45) is 0 Å². The number of nitrogens with two attached hydrogens (primary N) is 1. The third-order valence-electron chi connectivity index (χ3n) is 3.94. The van der Waals surface area contributed by atoms with E-state index in [0.717, 1.165) is 18.0 Å². The Morgan fingerprint density at radius 2 is 2.15 bits per heavy atom. The summed E-state index contributed by atoms with van der Waals surface area (Å²) in [7, 11) is 0. The number of nitrogen functional groups attached to an aromatic ring is 1. The van der Waals surface area contributed by atoms with Crippen LogP contribution >= 0.6 is 0 Å². The van der Waals surface area contributed by atoms with Crippen LogP contribution in [0, 0.1) is 0 Å². The van der Waals surface area contributed by atoms with E-state index in [1.54, 1.807) is 0 Å². The zero-order valence-corrected chi connectivity index (χ0v) is 13.1. The molecular weight excluding hydrogens is 248 g/mol. The molecule has 0 spiro atoms. The van der Waals surface area contributed by atoms with Crippen LogP contribution in [0.1, 0.15) is 52.9 Å². The third-order valence-corrected chi connectivity index (χ3v) is 3.94. The maximum absolute atomic E-state index is 6.02. The van der Waals surface area contributed by atoms with E-state index < -0.39 is 0 Å². The van der Waals surface area contributed by atoms with Crippen LogP contribution < -0.4 is 15.4 Å². The summed E-state index contributed by atoms with van der Waals surface area (Å²) in [4.78, 5) is 2.54. The largest absolute Gasteiger partial charge is 0.489 e. The molecule has 20 heavy (non-hydrogen) atoms. The van der Waals surface area contributed by atoms with Crippen molar-refractivity contribution in [2.45, 2.75) is 65.0 Å². The van der Waals surface area contributed by atoms with Crippen LogP contribution in [0.2, 0.25) is 0 Å². The first-order chi connectivity index (χ1) is 9.61. The van der Waals surface area contributed by atoms with Crippen LogP contribution in [0.4, 0.5) is 11.4 Å². The van der Waals surface area contributed by atoms with Gasteiger partial charge in [0, 0.05) is 24.3 Å². The second-order valence-corrected chi connectivity index (χ2v) is 6.02. The molecular formula is C17H28N2O. The molecule has 1 aliphatic rings. The number of hydrogen-bond donors (Lipinski definition) is 1. The number of benzene rings is 1.